The number of nitrogens with one attached hydrogen (secondary N) is 1. The van der Waals surface area contributed by atoms with Crippen LogP contribution in [0.15, 0.2) is 18.2 Å². The first-order valence-corrected chi connectivity index (χ1v) is 4.48. The van der Waals surface area contributed by atoms with E-state index in [2.05, 4.69) is 5.32 Å². The van der Waals surface area contributed by atoms with Crippen LogP contribution in [-0.4, -0.2) is 17.4 Å². The molecule has 0 unspecified atom stereocenters. The molecule has 0 fully saturated rings. The highest BCUT2D eigenvalue weighted by atomic mass is 19.1. The van der Waals surface area contributed by atoms with E-state index in [9.17, 15) is 19.3 Å². The Morgan fingerprint density at radius 3 is 2.75 bits per heavy atom. The minimum Gasteiger partial charge on any atom is -0.330 e. The van der Waals surface area contributed by atoms with E-state index in [4.69, 9.17) is 5.73 Å². The molecule has 0 heterocycles. The summed E-state index contributed by atoms with van der Waals surface area (Å²) in [7, 11) is 0. The maximum atomic E-state index is 13.1. The van der Waals surface area contributed by atoms with Crippen molar-refractivity contribution in [2.24, 2.45) is 5.73 Å². The summed E-state index contributed by atoms with van der Waals surface area (Å²) >= 11 is 0. The third kappa shape index (κ3) is 2.99. The maximum absolute atomic E-state index is 13.1. The summed E-state index contributed by atoms with van der Waals surface area (Å²) in [6.07, 6.45) is 0.110. The Bertz CT molecular complexity index is 422. The van der Waals surface area contributed by atoms with Crippen molar-refractivity contribution in [1.82, 2.24) is 0 Å². The second-order valence-corrected chi connectivity index (χ2v) is 3.01. The zero-order valence-corrected chi connectivity index (χ0v) is 8.27. The molecule has 0 aliphatic heterocycles. The van der Waals surface area contributed by atoms with Crippen LogP contribution in [0.4, 0.5) is 15.8 Å². The molecule has 86 valence electrons. The molecule has 0 saturated heterocycles. The number of nitro groups is 1. The molecular formula is C9H10FN3O3. The molecule has 0 aliphatic rings. The Morgan fingerprint density at radius 2 is 2.25 bits per heavy atom. The number of halogens is 1. The van der Waals surface area contributed by atoms with E-state index in [1.807, 2.05) is 0 Å². The van der Waals surface area contributed by atoms with Gasteiger partial charge in [0.05, 0.1) is 4.92 Å². The van der Waals surface area contributed by atoms with Gasteiger partial charge in [-0.25, -0.2) is 0 Å². The van der Waals surface area contributed by atoms with Crippen molar-refractivity contribution in [3.63, 3.8) is 0 Å². The van der Waals surface area contributed by atoms with Gasteiger partial charge in [0.2, 0.25) is 11.7 Å². The zero-order chi connectivity index (χ0) is 12.1. The molecule has 7 heteroatoms. The average Bonchev–Trinajstić information content (AvgIpc) is 2.17. The number of nitrogens with two attached hydrogens (primary N) is 1. The van der Waals surface area contributed by atoms with Gasteiger partial charge >= 0.3 is 5.69 Å². The van der Waals surface area contributed by atoms with Gasteiger partial charge in [0, 0.05) is 30.8 Å². The minimum atomic E-state index is -0.990. The van der Waals surface area contributed by atoms with Gasteiger partial charge in [-0.3, -0.25) is 14.9 Å². The summed E-state index contributed by atoms with van der Waals surface area (Å²) in [5.41, 5.74) is 4.69. The SMILES string of the molecule is NCCC(=O)Nc1ccc([N+](=O)[O-])c(F)c1. The molecule has 0 bridgehead atoms. The van der Waals surface area contributed by atoms with Crippen LogP contribution in [0.25, 0.3) is 0 Å². The number of carbonyl (C=O) groups is 1. The summed E-state index contributed by atoms with van der Waals surface area (Å²) < 4.78 is 13.1. The molecule has 1 aromatic rings. The number of carbonyl (C=O) groups excluding carboxylic acids is 1. The van der Waals surface area contributed by atoms with Crippen molar-refractivity contribution in [1.29, 1.82) is 0 Å². The number of amides is 1. The van der Waals surface area contributed by atoms with Gasteiger partial charge in [-0.2, -0.15) is 4.39 Å². The first-order chi connectivity index (χ1) is 7.54. The highest BCUT2D eigenvalue weighted by molar-refractivity contribution is 5.90. The van der Waals surface area contributed by atoms with Gasteiger partial charge in [0.15, 0.2) is 0 Å². The second-order valence-electron chi connectivity index (χ2n) is 3.01. The Morgan fingerprint density at radius 1 is 1.56 bits per heavy atom. The fraction of sp³-hybridized carbons (Fsp3) is 0.222. The standard InChI is InChI=1S/C9H10FN3O3/c10-7-5-6(12-9(14)3-4-11)1-2-8(7)13(15)16/h1-2,5H,3-4,11H2,(H,12,14). The van der Waals surface area contributed by atoms with Crippen LogP contribution in [0.2, 0.25) is 0 Å². The molecule has 0 atom stereocenters. The number of hydrogen-bond donors (Lipinski definition) is 2. The third-order valence-electron chi connectivity index (χ3n) is 1.80. The number of hydrogen-bond acceptors (Lipinski definition) is 4. The van der Waals surface area contributed by atoms with Crippen molar-refractivity contribution in [2.45, 2.75) is 6.42 Å². The van der Waals surface area contributed by atoms with Crippen molar-refractivity contribution >= 4 is 17.3 Å². The fourth-order valence-electron chi connectivity index (χ4n) is 1.09. The number of anilines is 1. The van der Waals surface area contributed by atoms with E-state index in [-0.39, 0.29) is 24.6 Å². The molecule has 1 rings (SSSR count). The lowest BCUT2D eigenvalue weighted by Gasteiger charge is -2.03. The van der Waals surface area contributed by atoms with Gasteiger partial charge in [-0.05, 0) is 6.07 Å². The van der Waals surface area contributed by atoms with E-state index < -0.39 is 16.4 Å². The molecule has 6 nitrogen and oxygen atoms in total. The Kier molecular flexibility index (Phi) is 3.90. The van der Waals surface area contributed by atoms with E-state index in [1.165, 1.54) is 6.07 Å². The highest BCUT2D eigenvalue weighted by Gasteiger charge is 2.14. The van der Waals surface area contributed by atoms with Crippen LogP contribution in [0.1, 0.15) is 6.42 Å². The lowest BCUT2D eigenvalue weighted by Crippen LogP contribution is -2.16. The predicted molar refractivity (Wildman–Crippen MR) is 55.4 cm³/mol. The predicted octanol–water partition coefficient (Wildman–Crippen LogP) is 1.02. The van der Waals surface area contributed by atoms with E-state index in [0.29, 0.717) is 0 Å². The zero-order valence-electron chi connectivity index (χ0n) is 8.27. The second kappa shape index (κ2) is 5.17. The molecular weight excluding hydrogens is 217 g/mol. The molecule has 0 spiro atoms. The summed E-state index contributed by atoms with van der Waals surface area (Å²) in [4.78, 5) is 20.6. The number of nitro benzene ring substituents is 1. The lowest BCUT2D eigenvalue weighted by molar-refractivity contribution is -0.387. The Balaban J connectivity index is 2.81. The number of nitrogens with zero attached hydrogens (tertiary/aromatic N) is 1. The average molecular weight is 227 g/mol. The topological polar surface area (TPSA) is 98.3 Å². The first-order valence-electron chi connectivity index (χ1n) is 4.48. The monoisotopic (exact) mass is 227 g/mol. The number of rotatable bonds is 4. The third-order valence-corrected chi connectivity index (χ3v) is 1.80. The number of benzene rings is 1. The lowest BCUT2D eigenvalue weighted by atomic mass is 10.2. The minimum absolute atomic E-state index is 0.110. The normalized spacial score (nSPS) is 9.88. The van der Waals surface area contributed by atoms with Crippen LogP contribution >= 0.6 is 0 Å². The largest absolute Gasteiger partial charge is 0.330 e. The van der Waals surface area contributed by atoms with Crippen LogP contribution in [-0.2, 0) is 4.79 Å². The molecule has 0 aromatic heterocycles. The molecule has 0 saturated carbocycles. The molecule has 1 amide bonds. The summed E-state index contributed by atoms with van der Waals surface area (Å²) in [5, 5.41) is 12.7. The van der Waals surface area contributed by atoms with E-state index in [0.717, 1.165) is 12.1 Å². The molecule has 3 N–H and O–H groups in total. The fourth-order valence-corrected chi connectivity index (χ4v) is 1.09. The van der Waals surface area contributed by atoms with Crippen LogP contribution in [0, 0.1) is 15.9 Å². The molecule has 0 aliphatic carbocycles. The van der Waals surface area contributed by atoms with Crippen molar-refractivity contribution in [2.75, 3.05) is 11.9 Å². The van der Waals surface area contributed by atoms with E-state index in [1.54, 1.807) is 0 Å². The van der Waals surface area contributed by atoms with E-state index >= 15 is 0 Å². The molecule has 0 radical (unpaired) electrons. The van der Waals surface area contributed by atoms with Crippen LogP contribution in [0.3, 0.4) is 0 Å². The van der Waals surface area contributed by atoms with Crippen molar-refractivity contribution in [3.8, 4) is 0 Å². The Hall–Kier alpha value is -2.02. The molecule has 1 aromatic carbocycles. The van der Waals surface area contributed by atoms with Crippen LogP contribution in [0.5, 0.6) is 0 Å². The maximum Gasteiger partial charge on any atom is 0.304 e. The summed E-state index contributed by atoms with van der Waals surface area (Å²) in [6.45, 7) is 0.182. The van der Waals surface area contributed by atoms with Crippen molar-refractivity contribution in [3.05, 3.63) is 34.1 Å². The quantitative estimate of drug-likeness (QED) is 0.592. The summed E-state index contributed by atoms with van der Waals surface area (Å²) in [5.74, 6) is -1.36. The van der Waals surface area contributed by atoms with Gasteiger partial charge in [0.1, 0.15) is 0 Å². The van der Waals surface area contributed by atoms with Gasteiger partial charge in [0.25, 0.3) is 0 Å². The van der Waals surface area contributed by atoms with Gasteiger partial charge < -0.3 is 11.1 Å². The molecule has 16 heavy (non-hydrogen) atoms. The van der Waals surface area contributed by atoms with Gasteiger partial charge in [-0.1, -0.05) is 0 Å². The Labute approximate surface area is 90.4 Å². The first kappa shape index (κ1) is 12.1. The van der Waals surface area contributed by atoms with Crippen molar-refractivity contribution < 1.29 is 14.1 Å². The van der Waals surface area contributed by atoms with Crippen LogP contribution < -0.4 is 11.1 Å². The smallest absolute Gasteiger partial charge is 0.304 e. The van der Waals surface area contributed by atoms with Gasteiger partial charge in [-0.15, -0.1) is 0 Å². The highest BCUT2D eigenvalue weighted by Crippen LogP contribution is 2.20. The summed E-state index contributed by atoms with van der Waals surface area (Å²) in [6, 6.07) is 3.15.